The first kappa shape index (κ1) is 22.0. The number of H-pyrrole nitrogens is 1. The second kappa shape index (κ2) is 10.4. The van der Waals surface area contributed by atoms with Crippen LogP contribution >= 0.6 is 0 Å². The SMILES string of the molecule is NCCC(C(=O)Nc1ccc2[nH]nc(NC(=O)COc3ccccc3)c2c1)c1ccccc1. The first-order valence-corrected chi connectivity index (χ1v) is 10.7. The molecule has 0 aliphatic carbocycles. The number of carbonyl (C=O) groups is 2. The van der Waals surface area contributed by atoms with Crippen LogP contribution in [0, 0.1) is 0 Å². The highest BCUT2D eigenvalue weighted by atomic mass is 16.5. The highest BCUT2D eigenvalue weighted by Crippen LogP contribution is 2.26. The van der Waals surface area contributed by atoms with Gasteiger partial charge in [-0.1, -0.05) is 48.5 Å². The number of rotatable bonds is 9. The largest absolute Gasteiger partial charge is 0.484 e. The minimum atomic E-state index is -0.356. The number of carbonyl (C=O) groups excluding carboxylic acids is 2. The summed E-state index contributed by atoms with van der Waals surface area (Å²) in [4.78, 5) is 25.3. The Labute approximate surface area is 191 Å². The van der Waals surface area contributed by atoms with Crippen LogP contribution < -0.4 is 21.1 Å². The number of aromatic nitrogens is 2. The number of aromatic amines is 1. The van der Waals surface area contributed by atoms with Gasteiger partial charge in [-0.3, -0.25) is 14.7 Å². The summed E-state index contributed by atoms with van der Waals surface area (Å²) in [6.07, 6.45) is 0.534. The van der Waals surface area contributed by atoms with E-state index in [9.17, 15) is 9.59 Å². The minimum absolute atomic E-state index is 0.142. The number of anilines is 2. The number of benzene rings is 3. The van der Waals surface area contributed by atoms with Crippen molar-refractivity contribution < 1.29 is 14.3 Å². The molecule has 0 aliphatic heterocycles. The highest BCUT2D eigenvalue weighted by Gasteiger charge is 2.20. The number of nitrogens with two attached hydrogens (primary N) is 1. The molecule has 1 aromatic heterocycles. The molecule has 8 nitrogen and oxygen atoms in total. The zero-order valence-corrected chi connectivity index (χ0v) is 18.0. The fraction of sp³-hybridized carbons (Fsp3) is 0.160. The topological polar surface area (TPSA) is 122 Å². The summed E-state index contributed by atoms with van der Waals surface area (Å²) in [6, 6.07) is 24.0. The Morgan fingerprint density at radius 3 is 2.42 bits per heavy atom. The van der Waals surface area contributed by atoms with Gasteiger partial charge in [0.1, 0.15) is 5.75 Å². The lowest BCUT2D eigenvalue weighted by Gasteiger charge is -2.16. The number of nitrogens with zero attached hydrogens (tertiary/aromatic N) is 1. The summed E-state index contributed by atoms with van der Waals surface area (Å²) in [7, 11) is 0. The van der Waals surface area contributed by atoms with Crippen molar-refractivity contribution in [2.75, 3.05) is 23.8 Å². The van der Waals surface area contributed by atoms with Gasteiger partial charge in [0, 0.05) is 11.1 Å². The smallest absolute Gasteiger partial charge is 0.263 e. The van der Waals surface area contributed by atoms with Gasteiger partial charge in [-0.15, -0.1) is 0 Å². The lowest BCUT2D eigenvalue weighted by atomic mass is 9.94. The molecule has 0 spiro atoms. The van der Waals surface area contributed by atoms with E-state index in [0.29, 0.717) is 35.6 Å². The van der Waals surface area contributed by atoms with Gasteiger partial charge in [0.2, 0.25) is 5.91 Å². The van der Waals surface area contributed by atoms with E-state index in [0.717, 1.165) is 11.1 Å². The summed E-state index contributed by atoms with van der Waals surface area (Å²) >= 11 is 0. The quantitative estimate of drug-likeness (QED) is 0.315. The lowest BCUT2D eigenvalue weighted by molar-refractivity contribution is -0.118. The Morgan fingerprint density at radius 2 is 1.70 bits per heavy atom. The molecule has 4 aromatic rings. The Morgan fingerprint density at radius 1 is 0.970 bits per heavy atom. The minimum Gasteiger partial charge on any atom is -0.484 e. The van der Waals surface area contributed by atoms with E-state index in [2.05, 4.69) is 20.8 Å². The van der Waals surface area contributed by atoms with Gasteiger partial charge < -0.3 is 21.1 Å². The molecule has 1 atom stereocenters. The van der Waals surface area contributed by atoms with Crippen molar-refractivity contribution in [3.8, 4) is 5.75 Å². The molecule has 0 radical (unpaired) electrons. The number of hydrogen-bond donors (Lipinski definition) is 4. The highest BCUT2D eigenvalue weighted by molar-refractivity contribution is 6.03. The average Bonchev–Trinajstić information content (AvgIpc) is 3.24. The predicted octanol–water partition coefficient (Wildman–Crippen LogP) is 3.65. The fourth-order valence-corrected chi connectivity index (χ4v) is 3.55. The molecule has 1 unspecified atom stereocenters. The summed E-state index contributed by atoms with van der Waals surface area (Å²) in [5.41, 5.74) is 7.99. The molecule has 0 saturated carbocycles. The van der Waals surface area contributed by atoms with Gasteiger partial charge >= 0.3 is 0 Å². The molecule has 5 N–H and O–H groups in total. The number of nitrogens with one attached hydrogen (secondary N) is 3. The predicted molar refractivity (Wildman–Crippen MR) is 128 cm³/mol. The molecule has 4 rings (SSSR count). The van der Waals surface area contributed by atoms with Crippen LogP contribution in [-0.4, -0.2) is 35.2 Å². The zero-order valence-electron chi connectivity index (χ0n) is 18.0. The maximum absolute atomic E-state index is 13.0. The van der Waals surface area contributed by atoms with Crippen LogP contribution in [0.5, 0.6) is 5.75 Å². The molecule has 0 saturated heterocycles. The molecule has 3 aromatic carbocycles. The number of amides is 2. The van der Waals surface area contributed by atoms with Gasteiger partial charge in [-0.05, 0) is 48.9 Å². The summed E-state index contributed by atoms with van der Waals surface area (Å²) < 4.78 is 5.48. The maximum atomic E-state index is 13.0. The van der Waals surface area contributed by atoms with E-state index in [1.165, 1.54) is 0 Å². The van der Waals surface area contributed by atoms with Crippen molar-refractivity contribution in [3.05, 3.63) is 84.4 Å². The summed E-state index contributed by atoms with van der Waals surface area (Å²) in [6.45, 7) is 0.252. The third-order valence-electron chi connectivity index (χ3n) is 5.18. The zero-order chi connectivity index (χ0) is 23.0. The first-order valence-electron chi connectivity index (χ1n) is 10.7. The van der Waals surface area contributed by atoms with Crippen molar-refractivity contribution in [2.45, 2.75) is 12.3 Å². The van der Waals surface area contributed by atoms with Crippen LogP contribution in [0.1, 0.15) is 17.9 Å². The van der Waals surface area contributed by atoms with Crippen LogP contribution in [0.15, 0.2) is 78.9 Å². The van der Waals surface area contributed by atoms with Gasteiger partial charge in [0.05, 0.1) is 11.4 Å². The van der Waals surface area contributed by atoms with Crippen molar-refractivity contribution in [1.29, 1.82) is 0 Å². The van der Waals surface area contributed by atoms with Crippen LogP contribution in [0.4, 0.5) is 11.5 Å². The van der Waals surface area contributed by atoms with E-state index < -0.39 is 0 Å². The van der Waals surface area contributed by atoms with Crippen molar-refractivity contribution in [3.63, 3.8) is 0 Å². The maximum Gasteiger partial charge on any atom is 0.263 e. The van der Waals surface area contributed by atoms with Crippen molar-refractivity contribution in [1.82, 2.24) is 10.2 Å². The van der Waals surface area contributed by atoms with Gasteiger partial charge in [-0.2, -0.15) is 5.10 Å². The van der Waals surface area contributed by atoms with Gasteiger partial charge in [0.25, 0.3) is 5.91 Å². The molecule has 0 aliphatic rings. The Bertz CT molecular complexity index is 1220. The Kier molecular flexibility index (Phi) is 6.96. The molecule has 2 amide bonds. The van der Waals surface area contributed by atoms with Crippen LogP contribution in [0.3, 0.4) is 0 Å². The molecule has 0 fully saturated rings. The van der Waals surface area contributed by atoms with Crippen molar-refractivity contribution in [2.24, 2.45) is 5.73 Å². The van der Waals surface area contributed by atoms with Crippen LogP contribution in [0.2, 0.25) is 0 Å². The van der Waals surface area contributed by atoms with Gasteiger partial charge in [0.15, 0.2) is 12.4 Å². The van der Waals surface area contributed by atoms with E-state index in [1.807, 2.05) is 48.5 Å². The van der Waals surface area contributed by atoms with Crippen LogP contribution in [-0.2, 0) is 9.59 Å². The fourth-order valence-electron chi connectivity index (χ4n) is 3.55. The molecule has 33 heavy (non-hydrogen) atoms. The second-order valence-corrected chi connectivity index (χ2v) is 7.51. The van der Waals surface area contributed by atoms with E-state index in [4.69, 9.17) is 10.5 Å². The number of fused-ring (bicyclic) bond motifs is 1. The first-order chi connectivity index (χ1) is 16.1. The summed E-state index contributed by atoms with van der Waals surface area (Å²) in [5, 5.41) is 13.4. The molecule has 0 bridgehead atoms. The summed E-state index contributed by atoms with van der Waals surface area (Å²) in [5.74, 6) is 0.134. The molecule has 1 heterocycles. The molecular weight excluding hydrogens is 418 g/mol. The Balaban J connectivity index is 1.45. The third-order valence-corrected chi connectivity index (χ3v) is 5.18. The Hall–Kier alpha value is -4.17. The lowest BCUT2D eigenvalue weighted by Crippen LogP contribution is -2.23. The normalized spacial score (nSPS) is 11.7. The van der Waals surface area contributed by atoms with Gasteiger partial charge in [-0.25, -0.2) is 0 Å². The number of para-hydroxylation sites is 1. The monoisotopic (exact) mass is 443 g/mol. The van der Waals surface area contributed by atoms with E-state index >= 15 is 0 Å². The molecular formula is C25H25N5O3. The number of ether oxygens (including phenoxy) is 1. The molecule has 168 valence electrons. The third kappa shape index (κ3) is 5.55. The van der Waals surface area contributed by atoms with E-state index in [-0.39, 0.29) is 24.3 Å². The second-order valence-electron chi connectivity index (χ2n) is 7.51. The van der Waals surface area contributed by atoms with E-state index in [1.54, 1.807) is 30.3 Å². The number of hydrogen-bond acceptors (Lipinski definition) is 5. The average molecular weight is 444 g/mol. The van der Waals surface area contributed by atoms with Crippen molar-refractivity contribution >= 4 is 34.2 Å². The van der Waals surface area contributed by atoms with Crippen LogP contribution in [0.25, 0.3) is 10.9 Å². The standard InChI is InChI=1S/C25H25N5O3/c26-14-13-20(17-7-3-1-4-8-17)25(32)27-18-11-12-22-21(15-18)24(30-29-22)28-23(31)16-33-19-9-5-2-6-10-19/h1-12,15,20H,13-14,16,26H2,(H,27,32)(H2,28,29,30,31). The molecule has 8 heteroatoms.